The maximum Gasteiger partial charge on any atom is 0.0557 e. The van der Waals surface area contributed by atoms with E-state index in [2.05, 4.69) is 56.1 Å². The Morgan fingerprint density at radius 1 is 1.00 bits per heavy atom. The zero-order valence-corrected chi connectivity index (χ0v) is 9.25. The molecular formula is C11H18Si. The third-order valence-electron chi connectivity index (χ3n) is 2.18. The van der Waals surface area contributed by atoms with Gasteiger partial charge >= 0.3 is 0 Å². The van der Waals surface area contributed by atoms with Crippen LogP contribution in [-0.2, 0) is 0 Å². The molecule has 0 heterocycles. The highest BCUT2D eigenvalue weighted by atomic mass is 28.3. The smallest absolute Gasteiger partial charge is 0.0557 e. The van der Waals surface area contributed by atoms with Crippen LogP contribution in [0.1, 0.15) is 6.42 Å². The van der Waals surface area contributed by atoms with Gasteiger partial charge in [-0.05, 0) is 12.0 Å². The molecule has 0 aliphatic heterocycles. The molecule has 0 spiro atoms. The molecule has 0 amide bonds. The standard InChI is InChI=1S/C11H18Si/c1-12(2,3)11-9-7-5-4-6-8-10-11/h4-5,7-11H,6H2,1-3H3/b5-4-,9-7-,10-8?. The summed E-state index contributed by atoms with van der Waals surface area (Å²) in [5.74, 6) is 0. The molecule has 0 saturated carbocycles. The molecule has 0 aromatic carbocycles. The number of hydrogen-bond acceptors (Lipinski definition) is 0. The molecule has 12 heavy (non-hydrogen) atoms. The summed E-state index contributed by atoms with van der Waals surface area (Å²) in [6, 6.07) is 0. The minimum atomic E-state index is -1.02. The van der Waals surface area contributed by atoms with Crippen LogP contribution in [0.4, 0.5) is 0 Å². The van der Waals surface area contributed by atoms with Gasteiger partial charge in [0.2, 0.25) is 0 Å². The van der Waals surface area contributed by atoms with E-state index in [1.165, 1.54) is 0 Å². The molecule has 1 aliphatic carbocycles. The van der Waals surface area contributed by atoms with E-state index in [4.69, 9.17) is 0 Å². The molecule has 0 radical (unpaired) electrons. The third-order valence-corrected chi connectivity index (χ3v) is 4.57. The highest BCUT2D eigenvalue weighted by Gasteiger charge is 2.21. The van der Waals surface area contributed by atoms with Crippen molar-refractivity contribution in [1.29, 1.82) is 0 Å². The van der Waals surface area contributed by atoms with Crippen LogP contribution in [0.15, 0.2) is 36.5 Å². The van der Waals surface area contributed by atoms with Crippen molar-refractivity contribution in [2.24, 2.45) is 0 Å². The van der Waals surface area contributed by atoms with Gasteiger partial charge in [-0.2, -0.15) is 0 Å². The molecule has 1 heteroatoms. The molecule has 1 atom stereocenters. The minimum absolute atomic E-state index is 0.711. The molecule has 1 unspecified atom stereocenters. The van der Waals surface area contributed by atoms with Crippen LogP contribution in [0.5, 0.6) is 0 Å². The average Bonchev–Trinajstić information content (AvgIpc) is 1.81. The van der Waals surface area contributed by atoms with E-state index in [1.807, 2.05) is 0 Å². The van der Waals surface area contributed by atoms with Crippen molar-refractivity contribution in [2.45, 2.75) is 31.6 Å². The van der Waals surface area contributed by atoms with Crippen molar-refractivity contribution in [3.8, 4) is 0 Å². The summed E-state index contributed by atoms with van der Waals surface area (Å²) in [5.41, 5.74) is 0.711. The van der Waals surface area contributed by atoms with Crippen LogP contribution < -0.4 is 0 Å². The van der Waals surface area contributed by atoms with Crippen molar-refractivity contribution >= 4 is 8.07 Å². The lowest BCUT2D eigenvalue weighted by Crippen LogP contribution is -2.25. The van der Waals surface area contributed by atoms with E-state index < -0.39 is 8.07 Å². The van der Waals surface area contributed by atoms with Gasteiger partial charge in [0.1, 0.15) is 0 Å². The zero-order valence-electron chi connectivity index (χ0n) is 8.25. The second-order valence-corrected chi connectivity index (χ2v) is 9.77. The van der Waals surface area contributed by atoms with Crippen LogP contribution in [-0.4, -0.2) is 8.07 Å². The molecule has 0 nitrogen and oxygen atoms in total. The van der Waals surface area contributed by atoms with Crippen LogP contribution in [0.2, 0.25) is 25.2 Å². The molecule has 1 rings (SSSR count). The highest BCUT2D eigenvalue weighted by molar-refractivity contribution is 6.78. The second-order valence-electron chi connectivity index (χ2n) is 4.37. The van der Waals surface area contributed by atoms with Gasteiger partial charge in [0, 0.05) is 0 Å². The van der Waals surface area contributed by atoms with E-state index >= 15 is 0 Å². The van der Waals surface area contributed by atoms with E-state index in [1.54, 1.807) is 0 Å². The number of hydrogen-bond donors (Lipinski definition) is 0. The molecule has 0 aromatic rings. The summed E-state index contributed by atoms with van der Waals surface area (Å²) >= 11 is 0. The van der Waals surface area contributed by atoms with E-state index in [9.17, 15) is 0 Å². The van der Waals surface area contributed by atoms with E-state index in [-0.39, 0.29) is 0 Å². The molecule has 66 valence electrons. The van der Waals surface area contributed by atoms with Crippen LogP contribution in [0, 0.1) is 0 Å². The fraction of sp³-hybridized carbons (Fsp3) is 0.455. The van der Waals surface area contributed by atoms with Crippen molar-refractivity contribution in [1.82, 2.24) is 0 Å². The van der Waals surface area contributed by atoms with Gasteiger partial charge in [-0.25, -0.2) is 0 Å². The summed E-state index contributed by atoms with van der Waals surface area (Å²) in [6.07, 6.45) is 14.6. The second kappa shape index (κ2) is 3.90. The maximum absolute atomic E-state index is 2.41. The fourth-order valence-corrected chi connectivity index (χ4v) is 2.69. The van der Waals surface area contributed by atoms with Gasteiger partial charge in [0.25, 0.3) is 0 Å². The quantitative estimate of drug-likeness (QED) is 0.423. The predicted molar refractivity (Wildman–Crippen MR) is 59.1 cm³/mol. The lowest BCUT2D eigenvalue weighted by atomic mass is 10.2. The first kappa shape index (κ1) is 9.52. The maximum atomic E-state index is 2.41. The van der Waals surface area contributed by atoms with Crippen LogP contribution in [0.3, 0.4) is 0 Å². The van der Waals surface area contributed by atoms with Gasteiger partial charge in [0.05, 0.1) is 8.07 Å². The number of allylic oxidation sites excluding steroid dienone is 6. The summed E-state index contributed by atoms with van der Waals surface area (Å²) in [6.45, 7) is 7.24. The first-order valence-corrected chi connectivity index (χ1v) is 8.18. The van der Waals surface area contributed by atoms with Gasteiger partial charge in [-0.15, -0.1) is 0 Å². The van der Waals surface area contributed by atoms with Crippen molar-refractivity contribution < 1.29 is 0 Å². The Morgan fingerprint density at radius 3 is 2.42 bits per heavy atom. The Hall–Kier alpha value is -0.563. The highest BCUT2D eigenvalue weighted by Crippen LogP contribution is 2.25. The molecule has 1 aliphatic rings. The molecule has 0 aromatic heterocycles. The summed E-state index contributed by atoms with van der Waals surface area (Å²) < 4.78 is 0. The average molecular weight is 178 g/mol. The van der Waals surface area contributed by atoms with Crippen molar-refractivity contribution in [2.75, 3.05) is 0 Å². The lowest BCUT2D eigenvalue weighted by Gasteiger charge is -2.23. The molecule has 0 fully saturated rings. The third kappa shape index (κ3) is 2.82. The predicted octanol–water partition coefficient (Wildman–Crippen LogP) is 3.77. The van der Waals surface area contributed by atoms with Gasteiger partial charge < -0.3 is 0 Å². The zero-order chi connectivity index (χ0) is 9.03. The first-order valence-electron chi connectivity index (χ1n) is 4.61. The topological polar surface area (TPSA) is 0 Å². The normalized spacial score (nSPS) is 29.1. The summed E-state index contributed by atoms with van der Waals surface area (Å²) in [7, 11) is -1.02. The summed E-state index contributed by atoms with van der Waals surface area (Å²) in [5, 5.41) is 0. The lowest BCUT2D eigenvalue weighted by molar-refractivity contribution is 1.22. The largest absolute Gasteiger partial charge is 0.0844 e. The van der Waals surface area contributed by atoms with E-state index in [0.717, 1.165) is 6.42 Å². The summed E-state index contributed by atoms with van der Waals surface area (Å²) in [4.78, 5) is 0. The SMILES string of the molecule is C[Si](C)(C)C1C=CC/C=C\C=C/1. The van der Waals surface area contributed by atoms with Crippen LogP contribution in [0.25, 0.3) is 0 Å². The molecule has 0 N–H and O–H groups in total. The van der Waals surface area contributed by atoms with Crippen LogP contribution >= 0.6 is 0 Å². The minimum Gasteiger partial charge on any atom is -0.0844 e. The van der Waals surface area contributed by atoms with E-state index in [0.29, 0.717) is 5.54 Å². The Kier molecular flexibility index (Phi) is 3.10. The Labute approximate surface area is 76.7 Å². The first-order chi connectivity index (χ1) is 5.61. The van der Waals surface area contributed by atoms with Gasteiger partial charge in [-0.1, -0.05) is 56.1 Å². The van der Waals surface area contributed by atoms with Crippen molar-refractivity contribution in [3.63, 3.8) is 0 Å². The molecule has 0 saturated heterocycles. The Balaban J connectivity index is 2.77. The fourth-order valence-electron chi connectivity index (χ4n) is 1.29. The Bertz CT molecular complexity index is 216. The van der Waals surface area contributed by atoms with Crippen molar-refractivity contribution in [3.05, 3.63) is 36.5 Å². The monoisotopic (exact) mass is 178 g/mol. The van der Waals surface area contributed by atoms with Gasteiger partial charge in [0.15, 0.2) is 0 Å². The molecule has 0 bridgehead atoms. The molecular weight excluding hydrogens is 160 g/mol. The number of rotatable bonds is 1. The Morgan fingerprint density at radius 2 is 1.75 bits per heavy atom. The van der Waals surface area contributed by atoms with Gasteiger partial charge in [-0.3, -0.25) is 0 Å².